The van der Waals surface area contributed by atoms with Gasteiger partial charge in [-0.15, -0.1) is 5.10 Å². The van der Waals surface area contributed by atoms with E-state index in [0.29, 0.717) is 6.54 Å². The molecular weight excluding hydrogens is 394 g/mol. The van der Waals surface area contributed by atoms with Crippen LogP contribution in [0.25, 0.3) is 22.2 Å². The quantitative estimate of drug-likeness (QED) is 0.476. The van der Waals surface area contributed by atoms with Gasteiger partial charge in [0.2, 0.25) is 0 Å². The van der Waals surface area contributed by atoms with Gasteiger partial charge in [0.15, 0.2) is 0 Å². The van der Waals surface area contributed by atoms with Gasteiger partial charge in [-0.3, -0.25) is 9.55 Å². The van der Waals surface area contributed by atoms with Crippen molar-refractivity contribution in [3.63, 3.8) is 0 Å². The molecule has 0 unspecified atom stereocenters. The topological polar surface area (TPSA) is 74.8 Å². The molecule has 0 aliphatic heterocycles. The van der Waals surface area contributed by atoms with Crippen molar-refractivity contribution >= 4 is 31.7 Å². The van der Waals surface area contributed by atoms with Crippen LogP contribution in [-0.2, 0) is 11.3 Å². The lowest BCUT2D eigenvalue weighted by Crippen LogP contribution is -2.26. The molecule has 0 spiro atoms. The Kier molecular flexibility index (Phi) is 5.25. The fourth-order valence-corrected chi connectivity index (χ4v) is 3.97. The van der Waals surface area contributed by atoms with E-state index in [4.69, 9.17) is 4.74 Å². The summed E-state index contributed by atoms with van der Waals surface area (Å²) in [7, 11) is -0.269. The van der Waals surface area contributed by atoms with Crippen molar-refractivity contribution in [1.29, 1.82) is 0 Å². The Morgan fingerprint density at radius 3 is 2.77 bits per heavy atom. The summed E-state index contributed by atoms with van der Waals surface area (Å²) >= 11 is 0. The molecule has 4 rings (SSSR count). The molecule has 8 heteroatoms. The molecule has 0 radical (unpaired) electrons. The Balaban J connectivity index is 1.58. The third-order valence-corrected chi connectivity index (χ3v) is 5.93. The second-order valence-electron chi connectivity index (χ2n) is 8.30. The minimum Gasteiger partial charge on any atom is -0.443 e. The van der Waals surface area contributed by atoms with Crippen molar-refractivity contribution in [2.24, 2.45) is 0 Å². The van der Waals surface area contributed by atoms with Gasteiger partial charge in [-0.2, -0.15) is 0 Å². The van der Waals surface area contributed by atoms with Crippen molar-refractivity contribution in [3.05, 3.63) is 60.7 Å². The minimum absolute atomic E-state index is 0.269. The Morgan fingerprint density at radius 1 is 1.17 bits per heavy atom. The van der Waals surface area contributed by atoms with Gasteiger partial charge in [0, 0.05) is 29.5 Å². The van der Waals surface area contributed by atoms with Crippen molar-refractivity contribution in [1.82, 2.24) is 24.5 Å². The summed E-state index contributed by atoms with van der Waals surface area (Å²) in [5, 5.41) is 10.9. The smallest absolute Gasteiger partial charge is 0.418 e. The van der Waals surface area contributed by atoms with Gasteiger partial charge >= 0.3 is 6.09 Å². The van der Waals surface area contributed by atoms with E-state index in [-0.39, 0.29) is 15.6 Å². The van der Waals surface area contributed by atoms with Crippen LogP contribution in [0.4, 0.5) is 4.79 Å². The molecular formula is C22H25N5O2Si. The zero-order valence-corrected chi connectivity index (χ0v) is 19.1. The van der Waals surface area contributed by atoms with E-state index in [2.05, 4.69) is 27.9 Å². The number of hydrogen-bond donors (Lipinski definition) is 0. The number of hydrogen-bond acceptors (Lipinski definition) is 5. The number of aromatic nitrogens is 5. The summed E-state index contributed by atoms with van der Waals surface area (Å²) in [6.45, 7) is 8.37. The maximum Gasteiger partial charge on any atom is 0.418 e. The zero-order chi connectivity index (χ0) is 21.3. The summed E-state index contributed by atoms with van der Waals surface area (Å²) in [6, 6.07) is 10.1. The lowest BCUT2D eigenvalue weighted by Gasteiger charge is -2.19. The van der Waals surface area contributed by atoms with E-state index in [9.17, 15) is 4.79 Å². The first-order chi connectivity index (χ1) is 14.3. The van der Waals surface area contributed by atoms with Gasteiger partial charge in [-0.1, -0.05) is 30.0 Å². The molecule has 30 heavy (non-hydrogen) atoms. The number of carbonyl (C=O) groups is 1. The highest BCUT2D eigenvalue weighted by Gasteiger charge is 2.19. The largest absolute Gasteiger partial charge is 0.443 e. The van der Waals surface area contributed by atoms with Gasteiger partial charge in [0.25, 0.3) is 0 Å². The lowest BCUT2D eigenvalue weighted by atomic mass is 10.1. The van der Waals surface area contributed by atoms with Crippen molar-refractivity contribution in [3.8, 4) is 11.3 Å². The third kappa shape index (κ3) is 4.33. The van der Waals surface area contributed by atoms with Crippen LogP contribution in [0, 0.1) is 0 Å². The van der Waals surface area contributed by atoms with Crippen LogP contribution in [0.1, 0.15) is 26.3 Å². The predicted octanol–water partition coefficient (Wildman–Crippen LogP) is 2.97. The van der Waals surface area contributed by atoms with E-state index in [1.165, 1.54) is 5.19 Å². The van der Waals surface area contributed by atoms with Crippen LogP contribution in [0.5, 0.6) is 0 Å². The highest BCUT2D eigenvalue weighted by atomic mass is 28.2. The first-order valence-corrected chi connectivity index (χ1v) is 12.1. The molecule has 0 aliphatic carbocycles. The van der Waals surface area contributed by atoms with Crippen LogP contribution < -0.4 is 5.19 Å². The molecule has 4 aromatic rings. The molecule has 0 fully saturated rings. The molecule has 0 saturated heterocycles. The molecule has 0 atom stereocenters. The number of carbonyl (C=O) groups excluding carboxylic acids is 1. The second kappa shape index (κ2) is 7.87. The monoisotopic (exact) mass is 419 g/mol. The first kappa shape index (κ1) is 20.0. The van der Waals surface area contributed by atoms with Gasteiger partial charge in [0.05, 0.1) is 27.8 Å². The summed E-state index contributed by atoms with van der Waals surface area (Å²) < 4.78 is 8.86. The van der Waals surface area contributed by atoms with Crippen molar-refractivity contribution < 1.29 is 9.53 Å². The normalized spacial score (nSPS) is 12.1. The number of nitrogens with zero attached hydrogens (tertiary/aromatic N) is 5. The minimum atomic E-state index is -0.547. The van der Waals surface area contributed by atoms with E-state index in [1.54, 1.807) is 15.4 Å². The number of rotatable bonds is 4. The molecule has 3 heterocycles. The number of fused-ring (bicyclic) bond motifs is 1. The van der Waals surface area contributed by atoms with E-state index < -0.39 is 5.60 Å². The molecule has 3 aromatic heterocycles. The fraction of sp³-hybridized carbons (Fsp3) is 0.273. The summed E-state index contributed by atoms with van der Waals surface area (Å²) in [4.78, 5) is 16.8. The van der Waals surface area contributed by atoms with Crippen molar-refractivity contribution in [2.45, 2.75) is 39.5 Å². The van der Waals surface area contributed by atoms with Crippen molar-refractivity contribution in [2.75, 3.05) is 0 Å². The average molecular weight is 420 g/mol. The maximum atomic E-state index is 12.5. The van der Waals surface area contributed by atoms with Gasteiger partial charge in [-0.05, 0) is 43.7 Å². The molecule has 0 aliphatic rings. The SMILES string of the molecule is C[SiH2]c1cncc(-c2cn(Cc3ccc4ccn(C(=O)OC(C)(C)C)c4c3)nn2)c1. The van der Waals surface area contributed by atoms with Crippen LogP contribution in [0.2, 0.25) is 6.55 Å². The van der Waals surface area contributed by atoms with Crippen LogP contribution in [-0.4, -0.2) is 45.8 Å². The molecule has 0 bridgehead atoms. The van der Waals surface area contributed by atoms with Crippen LogP contribution in [0.3, 0.4) is 0 Å². The van der Waals surface area contributed by atoms with Gasteiger partial charge in [-0.25, -0.2) is 9.48 Å². The number of benzene rings is 1. The molecule has 154 valence electrons. The number of ether oxygens (including phenoxy) is 1. The summed E-state index contributed by atoms with van der Waals surface area (Å²) in [5.74, 6) is 0. The molecule has 0 amide bonds. The Labute approximate surface area is 177 Å². The van der Waals surface area contributed by atoms with Crippen LogP contribution in [0.15, 0.2) is 55.1 Å². The lowest BCUT2D eigenvalue weighted by molar-refractivity contribution is 0.0544. The van der Waals surface area contributed by atoms with Crippen LogP contribution >= 0.6 is 0 Å². The standard InChI is InChI=1S/C22H25N5O2Si/c1-22(2,3)29-21(28)27-8-7-16-6-5-15(9-20(16)27)13-26-14-19(24-25-26)17-10-18(30-4)12-23-11-17/h5-12,14H,13,30H2,1-4H3. The van der Waals surface area contributed by atoms with Gasteiger partial charge < -0.3 is 4.74 Å². The third-order valence-electron chi connectivity index (χ3n) is 4.73. The highest BCUT2D eigenvalue weighted by molar-refractivity contribution is 6.51. The second-order valence-corrected chi connectivity index (χ2v) is 9.82. The molecule has 0 N–H and O–H groups in total. The predicted molar refractivity (Wildman–Crippen MR) is 120 cm³/mol. The Hall–Kier alpha value is -3.26. The summed E-state index contributed by atoms with van der Waals surface area (Å²) in [5.41, 5.74) is 3.09. The van der Waals surface area contributed by atoms with Gasteiger partial charge in [0.1, 0.15) is 11.3 Å². The van der Waals surface area contributed by atoms with E-state index in [0.717, 1.165) is 27.7 Å². The van der Waals surface area contributed by atoms with E-state index in [1.807, 2.05) is 63.6 Å². The average Bonchev–Trinajstić information content (AvgIpc) is 3.33. The fourth-order valence-electron chi connectivity index (χ4n) is 3.26. The highest BCUT2D eigenvalue weighted by Crippen LogP contribution is 2.21. The Bertz CT molecular complexity index is 1210. The number of pyridine rings is 1. The molecule has 1 aromatic carbocycles. The zero-order valence-electron chi connectivity index (χ0n) is 17.7. The summed E-state index contributed by atoms with van der Waals surface area (Å²) in [6.07, 6.45) is 7.03. The maximum absolute atomic E-state index is 12.5. The first-order valence-electron chi connectivity index (χ1n) is 10.00. The van der Waals surface area contributed by atoms with E-state index >= 15 is 0 Å². The molecule has 7 nitrogen and oxygen atoms in total. The Morgan fingerprint density at radius 2 is 2.00 bits per heavy atom. The molecule has 0 saturated carbocycles.